The van der Waals surface area contributed by atoms with E-state index in [1.807, 2.05) is 0 Å². The Morgan fingerprint density at radius 3 is 2.62 bits per heavy atom. The van der Waals surface area contributed by atoms with Crippen molar-refractivity contribution >= 4 is 68.3 Å². The van der Waals surface area contributed by atoms with E-state index >= 15 is 0 Å². The Labute approximate surface area is 209 Å². The molecule has 34 heavy (non-hydrogen) atoms. The molecular weight excluding hydrogens is 525 g/mol. The van der Waals surface area contributed by atoms with Gasteiger partial charge in [0.2, 0.25) is 0 Å². The van der Waals surface area contributed by atoms with E-state index < -0.39 is 28.0 Å². The number of halogens is 2. The number of nitrogens with one attached hydrogen (secondary N) is 2. The van der Waals surface area contributed by atoms with Gasteiger partial charge in [0, 0.05) is 10.6 Å². The number of carbonyl (C=O) groups excluding carboxylic acids is 1. The van der Waals surface area contributed by atoms with Crippen LogP contribution in [0.1, 0.15) is 22.8 Å². The summed E-state index contributed by atoms with van der Waals surface area (Å²) in [6.45, 7) is 1.34. The number of rotatable bonds is 9. The van der Waals surface area contributed by atoms with Crippen LogP contribution in [0.2, 0.25) is 10.0 Å². The fourth-order valence-electron chi connectivity index (χ4n) is 2.60. The second kappa shape index (κ2) is 10.9. The summed E-state index contributed by atoms with van der Waals surface area (Å²) in [7, 11) is -3.90. The highest BCUT2D eigenvalue weighted by Crippen LogP contribution is 2.29. The second-order valence-electron chi connectivity index (χ2n) is 6.68. The number of benzene rings is 2. The highest BCUT2D eigenvalue weighted by Gasteiger charge is 2.20. The lowest BCUT2D eigenvalue weighted by Crippen LogP contribution is -2.24. The van der Waals surface area contributed by atoms with Gasteiger partial charge in [0.15, 0.2) is 6.10 Å². The molecular formula is C21H17Cl2N3O6S2. The molecule has 0 aliphatic carbocycles. The lowest BCUT2D eigenvalue weighted by molar-refractivity contribution is -0.144. The molecule has 1 amide bonds. The van der Waals surface area contributed by atoms with Crippen molar-refractivity contribution in [1.82, 2.24) is 5.43 Å². The van der Waals surface area contributed by atoms with Crippen LogP contribution in [0.5, 0.6) is 5.75 Å². The number of ether oxygens (including phenoxy) is 1. The van der Waals surface area contributed by atoms with Crippen molar-refractivity contribution in [2.24, 2.45) is 5.10 Å². The summed E-state index contributed by atoms with van der Waals surface area (Å²) >= 11 is 13.1. The molecule has 1 atom stereocenters. The first-order valence-electron chi connectivity index (χ1n) is 9.45. The monoisotopic (exact) mass is 541 g/mol. The van der Waals surface area contributed by atoms with Crippen molar-refractivity contribution in [3.63, 3.8) is 0 Å². The summed E-state index contributed by atoms with van der Waals surface area (Å²) in [4.78, 5) is 23.9. The maximum atomic E-state index is 12.7. The molecule has 1 heterocycles. The number of carbonyl (C=O) groups is 2. The molecule has 1 unspecified atom stereocenters. The largest absolute Gasteiger partial charge is 0.479 e. The molecule has 1 aromatic heterocycles. The number of hydrogen-bond donors (Lipinski definition) is 3. The quantitative estimate of drug-likeness (QED) is 0.270. The molecule has 13 heteroatoms. The Hall–Kier alpha value is -3.12. The molecule has 3 N–H and O–H groups in total. The number of sulfonamides is 1. The van der Waals surface area contributed by atoms with Gasteiger partial charge in [-0.25, -0.2) is 18.6 Å². The van der Waals surface area contributed by atoms with E-state index in [0.29, 0.717) is 5.56 Å². The van der Waals surface area contributed by atoms with Crippen LogP contribution < -0.4 is 14.9 Å². The first-order chi connectivity index (χ1) is 16.1. The zero-order valence-electron chi connectivity index (χ0n) is 17.4. The Kier molecular flexibility index (Phi) is 8.15. The Morgan fingerprint density at radius 2 is 1.94 bits per heavy atom. The number of para-hydroxylation sites is 1. The van der Waals surface area contributed by atoms with Crippen molar-refractivity contribution in [2.75, 3.05) is 4.72 Å². The van der Waals surface area contributed by atoms with Crippen LogP contribution in [0.15, 0.2) is 63.2 Å². The average molecular weight is 542 g/mol. The van der Waals surface area contributed by atoms with Gasteiger partial charge in [0.25, 0.3) is 15.9 Å². The second-order valence-corrected chi connectivity index (χ2v) is 10.4. The number of thiophene rings is 1. The van der Waals surface area contributed by atoms with Gasteiger partial charge in [-0.2, -0.15) is 5.10 Å². The molecule has 2 aromatic carbocycles. The number of hydrazone groups is 1. The Balaban J connectivity index is 1.82. The summed E-state index contributed by atoms with van der Waals surface area (Å²) in [5, 5.41) is 14.9. The van der Waals surface area contributed by atoms with E-state index in [0.717, 1.165) is 11.3 Å². The Bertz CT molecular complexity index is 1340. The van der Waals surface area contributed by atoms with E-state index in [4.69, 9.17) is 33.0 Å². The van der Waals surface area contributed by atoms with Crippen LogP contribution in [0, 0.1) is 0 Å². The molecule has 0 aliphatic heterocycles. The molecule has 0 radical (unpaired) electrons. The minimum atomic E-state index is -3.90. The van der Waals surface area contributed by atoms with Crippen LogP contribution >= 0.6 is 34.5 Å². The summed E-state index contributed by atoms with van der Waals surface area (Å²) in [6, 6.07) is 11.8. The molecule has 9 nitrogen and oxygen atoms in total. The van der Waals surface area contributed by atoms with Gasteiger partial charge >= 0.3 is 5.97 Å². The molecule has 3 aromatic rings. The van der Waals surface area contributed by atoms with Crippen molar-refractivity contribution in [2.45, 2.75) is 17.2 Å². The normalized spacial score (nSPS) is 12.3. The van der Waals surface area contributed by atoms with Crippen LogP contribution in [-0.2, 0) is 14.8 Å². The van der Waals surface area contributed by atoms with Crippen molar-refractivity contribution in [3.8, 4) is 5.75 Å². The average Bonchev–Trinajstić information content (AvgIpc) is 3.33. The minimum Gasteiger partial charge on any atom is -0.479 e. The van der Waals surface area contributed by atoms with Gasteiger partial charge < -0.3 is 9.84 Å². The smallest absolute Gasteiger partial charge is 0.344 e. The summed E-state index contributed by atoms with van der Waals surface area (Å²) in [5.41, 5.74) is 2.54. The number of nitrogens with zero attached hydrogens (tertiary/aromatic N) is 1. The number of carboxylic acid groups (broad SMARTS) is 1. The van der Waals surface area contributed by atoms with Crippen LogP contribution in [0.4, 0.5) is 5.69 Å². The SMILES string of the molecule is CC(Oc1c(Cl)cccc1/C=N\NC(=O)c1cc(Cl)ccc1NS(=O)(=O)c1cccs1)C(=O)O. The number of amides is 1. The molecule has 0 bridgehead atoms. The molecule has 0 saturated heterocycles. The molecule has 0 spiro atoms. The third-order valence-corrected chi connectivity index (χ3v) is 7.54. The minimum absolute atomic E-state index is 0.00700. The lowest BCUT2D eigenvalue weighted by atomic mass is 10.2. The standard InChI is InChI=1S/C21H17Cl2N3O6S2/c1-12(21(28)29)32-19-13(4-2-5-16(19)23)11-24-25-20(27)15-10-14(22)7-8-17(15)26-34(30,31)18-6-3-9-33-18/h2-12,26H,1H3,(H,25,27)(H,28,29)/b24-11-. The molecule has 0 fully saturated rings. The predicted molar refractivity (Wildman–Crippen MR) is 131 cm³/mol. The summed E-state index contributed by atoms with van der Waals surface area (Å²) in [6.07, 6.45) is 0.0419. The van der Waals surface area contributed by atoms with Gasteiger partial charge in [-0.1, -0.05) is 35.3 Å². The van der Waals surface area contributed by atoms with Crippen LogP contribution in [-0.4, -0.2) is 37.7 Å². The lowest BCUT2D eigenvalue weighted by Gasteiger charge is -2.14. The molecule has 178 valence electrons. The molecule has 0 aliphatic rings. The van der Waals surface area contributed by atoms with Crippen LogP contribution in [0.25, 0.3) is 0 Å². The van der Waals surface area contributed by atoms with Crippen LogP contribution in [0.3, 0.4) is 0 Å². The maximum absolute atomic E-state index is 12.7. The number of anilines is 1. The van der Waals surface area contributed by atoms with E-state index in [9.17, 15) is 18.0 Å². The van der Waals surface area contributed by atoms with Crippen molar-refractivity contribution in [1.29, 1.82) is 0 Å². The predicted octanol–water partition coefficient (Wildman–Crippen LogP) is 4.47. The third kappa shape index (κ3) is 6.26. The van der Waals surface area contributed by atoms with Gasteiger partial charge in [-0.3, -0.25) is 9.52 Å². The van der Waals surface area contributed by atoms with Crippen molar-refractivity contribution in [3.05, 3.63) is 75.1 Å². The van der Waals surface area contributed by atoms with E-state index in [1.54, 1.807) is 23.6 Å². The van der Waals surface area contributed by atoms with Gasteiger partial charge in [-0.05, 0) is 48.7 Å². The highest BCUT2D eigenvalue weighted by atomic mass is 35.5. The first-order valence-corrected chi connectivity index (χ1v) is 12.6. The van der Waals surface area contributed by atoms with E-state index in [1.165, 1.54) is 43.5 Å². The van der Waals surface area contributed by atoms with E-state index in [-0.39, 0.29) is 31.3 Å². The third-order valence-electron chi connectivity index (χ3n) is 4.24. The number of aliphatic carboxylic acids is 1. The summed E-state index contributed by atoms with van der Waals surface area (Å²) in [5.74, 6) is -1.86. The van der Waals surface area contributed by atoms with E-state index in [2.05, 4.69) is 15.2 Å². The van der Waals surface area contributed by atoms with Gasteiger partial charge in [0.1, 0.15) is 9.96 Å². The fourth-order valence-corrected chi connectivity index (χ4v) is 5.08. The molecule has 3 rings (SSSR count). The number of hydrogen-bond acceptors (Lipinski definition) is 7. The topological polar surface area (TPSA) is 134 Å². The molecule has 0 saturated carbocycles. The highest BCUT2D eigenvalue weighted by molar-refractivity contribution is 7.94. The zero-order chi connectivity index (χ0) is 24.9. The Morgan fingerprint density at radius 1 is 1.18 bits per heavy atom. The first kappa shape index (κ1) is 25.5. The number of carboxylic acids is 1. The zero-order valence-corrected chi connectivity index (χ0v) is 20.5. The van der Waals surface area contributed by atoms with Gasteiger partial charge in [-0.15, -0.1) is 11.3 Å². The fraction of sp³-hybridized carbons (Fsp3) is 0.0952. The van der Waals surface area contributed by atoms with Gasteiger partial charge in [0.05, 0.1) is 22.5 Å². The van der Waals surface area contributed by atoms with Crippen molar-refractivity contribution < 1.29 is 27.9 Å². The summed E-state index contributed by atoms with van der Waals surface area (Å²) < 4.78 is 33.0. The maximum Gasteiger partial charge on any atom is 0.344 e.